The van der Waals surface area contributed by atoms with Gasteiger partial charge in [0.2, 0.25) is 10.0 Å². The van der Waals surface area contributed by atoms with Gasteiger partial charge in [0.25, 0.3) is 5.91 Å². The Balaban J connectivity index is 0.000000215. The molecular formula is C29H23F6N5O4S. The van der Waals surface area contributed by atoms with Crippen LogP contribution in [0.3, 0.4) is 0 Å². The lowest BCUT2D eigenvalue weighted by Gasteiger charge is -2.09. The molecular weight excluding hydrogens is 628 g/mol. The van der Waals surface area contributed by atoms with Crippen molar-refractivity contribution in [3.8, 4) is 16.9 Å². The van der Waals surface area contributed by atoms with E-state index in [1.807, 2.05) is 6.92 Å². The van der Waals surface area contributed by atoms with E-state index < -0.39 is 39.5 Å². The molecule has 3 aromatic carbocycles. The zero-order chi connectivity index (χ0) is 33.2. The highest BCUT2D eigenvalue weighted by molar-refractivity contribution is 7.89. The molecule has 0 aliphatic heterocycles. The minimum atomic E-state index is -4.61. The Labute approximate surface area is 252 Å². The van der Waals surface area contributed by atoms with Crippen LogP contribution in [0.2, 0.25) is 0 Å². The summed E-state index contributed by atoms with van der Waals surface area (Å²) in [5.74, 6) is -0.150. The molecule has 0 unspecified atom stereocenters. The second-order valence-corrected chi connectivity index (χ2v) is 11.1. The van der Waals surface area contributed by atoms with Crippen LogP contribution in [0.1, 0.15) is 32.9 Å². The molecule has 0 fully saturated rings. The number of nitrogens with two attached hydrogens (primary N) is 1. The van der Waals surface area contributed by atoms with E-state index in [0.717, 1.165) is 28.4 Å². The van der Waals surface area contributed by atoms with Gasteiger partial charge in [-0.1, -0.05) is 35.0 Å². The second kappa shape index (κ2) is 12.6. The van der Waals surface area contributed by atoms with Crippen molar-refractivity contribution < 1.29 is 44.1 Å². The molecule has 0 saturated heterocycles. The molecule has 45 heavy (non-hydrogen) atoms. The topological polar surface area (TPSA) is 133 Å². The van der Waals surface area contributed by atoms with Crippen molar-refractivity contribution in [2.24, 2.45) is 5.14 Å². The normalized spacial score (nSPS) is 11.9. The van der Waals surface area contributed by atoms with E-state index in [4.69, 9.17) is 9.66 Å². The average Bonchev–Trinajstić information content (AvgIpc) is 3.60. The van der Waals surface area contributed by atoms with Crippen LogP contribution in [-0.2, 0) is 22.4 Å². The molecule has 3 N–H and O–H groups in total. The number of hydrogen-bond acceptors (Lipinski definition) is 6. The molecule has 5 aromatic rings. The van der Waals surface area contributed by atoms with E-state index in [2.05, 4.69) is 15.6 Å². The number of benzene rings is 3. The first-order valence-corrected chi connectivity index (χ1v) is 14.3. The number of aromatic nitrogens is 3. The van der Waals surface area contributed by atoms with Crippen LogP contribution in [0.15, 0.2) is 94.5 Å². The van der Waals surface area contributed by atoms with Gasteiger partial charge in [-0.3, -0.25) is 4.79 Å². The monoisotopic (exact) mass is 651 g/mol. The number of nitrogens with one attached hydrogen (secondary N) is 1. The van der Waals surface area contributed by atoms with Gasteiger partial charge >= 0.3 is 12.4 Å². The molecule has 0 aliphatic carbocycles. The van der Waals surface area contributed by atoms with Gasteiger partial charge in [-0.2, -0.15) is 31.4 Å². The summed E-state index contributed by atoms with van der Waals surface area (Å²) in [7, 11) is -3.90. The summed E-state index contributed by atoms with van der Waals surface area (Å²) in [6.07, 6.45) is -7.76. The quantitative estimate of drug-likeness (QED) is 0.202. The number of anilines is 1. The molecule has 16 heteroatoms. The van der Waals surface area contributed by atoms with Gasteiger partial charge in [-0.15, -0.1) is 0 Å². The molecule has 0 saturated carbocycles. The lowest BCUT2D eigenvalue weighted by molar-refractivity contribution is -0.141. The summed E-state index contributed by atoms with van der Waals surface area (Å²) in [6.45, 7) is 3.43. The fourth-order valence-corrected chi connectivity index (χ4v) is 4.40. The van der Waals surface area contributed by atoms with E-state index in [-0.39, 0.29) is 27.5 Å². The van der Waals surface area contributed by atoms with Crippen molar-refractivity contribution in [2.45, 2.75) is 31.1 Å². The molecule has 5 rings (SSSR count). The van der Waals surface area contributed by atoms with Crippen LogP contribution in [0.25, 0.3) is 16.9 Å². The highest BCUT2D eigenvalue weighted by Crippen LogP contribution is 2.33. The minimum absolute atomic E-state index is 0.138. The summed E-state index contributed by atoms with van der Waals surface area (Å²) < 4.78 is 105. The lowest BCUT2D eigenvalue weighted by atomic mass is 10.1. The smallest absolute Gasteiger partial charge is 0.361 e. The van der Waals surface area contributed by atoms with E-state index in [1.165, 1.54) is 42.6 Å². The number of primary sulfonamides is 1. The third kappa shape index (κ3) is 8.16. The third-order valence-corrected chi connectivity index (χ3v) is 7.15. The maximum absolute atomic E-state index is 13.1. The van der Waals surface area contributed by atoms with Gasteiger partial charge in [0, 0.05) is 11.3 Å². The molecule has 236 valence electrons. The van der Waals surface area contributed by atoms with E-state index in [1.54, 1.807) is 31.2 Å². The SMILES string of the molecule is Cc1ccc(-c2cc(C(F)(F)F)nn2-c2ccc(S(N)(=O)=O)cc2)cc1.Cc1oncc1C(=O)Nc1ccc(C(F)(F)F)cc1. The molecule has 2 aromatic heterocycles. The number of rotatable bonds is 5. The number of sulfonamides is 1. The zero-order valence-corrected chi connectivity index (χ0v) is 24.1. The largest absolute Gasteiger partial charge is 0.435 e. The van der Waals surface area contributed by atoms with Gasteiger partial charge in [0.05, 0.1) is 28.0 Å². The van der Waals surface area contributed by atoms with Crippen LogP contribution in [0.4, 0.5) is 32.0 Å². The maximum Gasteiger partial charge on any atom is 0.435 e. The Morgan fingerprint density at radius 2 is 1.47 bits per heavy atom. The third-order valence-electron chi connectivity index (χ3n) is 6.22. The highest BCUT2D eigenvalue weighted by atomic mass is 32.2. The van der Waals surface area contributed by atoms with E-state index >= 15 is 0 Å². The molecule has 0 bridgehead atoms. The van der Waals surface area contributed by atoms with Crippen LogP contribution in [0.5, 0.6) is 0 Å². The number of aryl methyl sites for hydroxylation is 2. The Kier molecular flexibility index (Phi) is 9.20. The lowest BCUT2D eigenvalue weighted by Crippen LogP contribution is -2.12. The number of carbonyl (C=O) groups excluding carboxylic acids is 1. The number of hydrogen-bond donors (Lipinski definition) is 2. The van der Waals surface area contributed by atoms with Crippen LogP contribution in [0, 0.1) is 13.8 Å². The first kappa shape index (κ1) is 32.9. The average molecular weight is 652 g/mol. The number of amides is 1. The predicted octanol–water partition coefficient (Wildman–Crippen LogP) is 6.77. The van der Waals surface area contributed by atoms with Gasteiger partial charge in [0.15, 0.2) is 5.69 Å². The highest BCUT2D eigenvalue weighted by Gasteiger charge is 2.35. The summed E-state index contributed by atoms with van der Waals surface area (Å²) in [5, 5.41) is 14.6. The molecule has 9 nitrogen and oxygen atoms in total. The van der Waals surface area contributed by atoms with Crippen LogP contribution >= 0.6 is 0 Å². The van der Waals surface area contributed by atoms with Gasteiger partial charge in [-0.25, -0.2) is 18.2 Å². The Hall–Kier alpha value is -4.96. The Bertz CT molecular complexity index is 1900. The van der Waals surface area contributed by atoms with Crippen molar-refractivity contribution in [3.63, 3.8) is 0 Å². The van der Waals surface area contributed by atoms with Crippen LogP contribution < -0.4 is 10.5 Å². The first-order chi connectivity index (χ1) is 20.9. The summed E-state index contributed by atoms with van der Waals surface area (Å²) >= 11 is 0. The standard InChI is InChI=1S/C17H14F3N3O2S.C12H9F3N2O2/c1-11-2-4-12(5-3-11)15-10-16(17(18,19)20)22-23(15)13-6-8-14(9-7-13)26(21,24)25;1-7-10(6-16-19-7)11(18)17-9-4-2-8(3-5-9)12(13,14)15/h2-10H,1H3,(H2,21,24,25);2-6H,1H3,(H,17,18). The number of carbonyl (C=O) groups is 1. The summed E-state index contributed by atoms with van der Waals surface area (Å²) in [4.78, 5) is 11.6. The molecule has 0 radical (unpaired) electrons. The molecule has 0 spiro atoms. The van der Waals surface area contributed by atoms with Crippen molar-refractivity contribution in [3.05, 3.63) is 113 Å². The van der Waals surface area contributed by atoms with Gasteiger partial charge in [-0.05, 0) is 68.4 Å². The van der Waals surface area contributed by atoms with Crippen molar-refractivity contribution in [1.29, 1.82) is 0 Å². The first-order valence-electron chi connectivity index (χ1n) is 12.7. The number of nitrogens with zero attached hydrogens (tertiary/aromatic N) is 3. The van der Waals surface area contributed by atoms with E-state index in [9.17, 15) is 39.6 Å². The maximum atomic E-state index is 13.1. The molecule has 1 amide bonds. The van der Waals surface area contributed by atoms with Crippen molar-refractivity contribution in [2.75, 3.05) is 5.32 Å². The van der Waals surface area contributed by atoms with Crippen molar-refractivity contribution >= 4 is 21.6 Å². The van der Waals surface area contributed by atoms with Crippen LogP contribution in [-0.4, -0.2) is 29.3 Å². The molecule has 0 atom stereocenters. The second-order valence-electron chi connectivity index (χ2n) is 9.55. The van der Waals surface area contributed by atoms with Crippen molar-refractivity contribution in [1.82, 2.24) is 14.9 Å². The summed E-state index contributed by atoms with van der Waals surface area (Å²) in [5.41, 5.74) is 0.723. The number of halogens is 6. The predicted molar refractivity (Wildman–Crippen MR) is 151 cm³/mol. The van der Waals surface area contributed by atoms with E-state index in [0.29, 0.717) is 11.3 Å². The molecule has 0 aliphatic rings. The Morgan fingerprint density at radius 3 is 1.96 bits per heavy atom. The minimum Gasteiger partial charge on any atom is -0.361 e. The number of alkyl halides is 6. The fourth-order valence-electron chi connectivity index (χ4n) is 3.88. The van der Waals surface area contributed by atoms with Gasteiger partial charge < -0.3 is 9.84 Å². The summed E-state index contributed by atoms with van der Waals surface area (Å²) in [6, 6.07) is 17.2. The Morgan fingerprint density at radius 1 is 0.867 bits per heavy atom. The fraction of sp³-hybridized carbons (Fsp3) is 0.138. The zero-order valence-electron chi connectivity index (χ0n) is 23.3. The van der Waals surface area contributed by atoms with Gasteiger partial charge in [0.1, 0.15) is 11.3 Å². The molecule has 2 heterocycles.